The number of ketones is 2. The van der Waals surface area contributed by atoms with Gasteiger partial charge in [-0.1, -0.05) is 54.0 Å². The zero-order chi connectivity index (χ0) is 23.5. The van der Waals surface area contributed by atoms with Gasteiger partial charge in [-0.15, -0.1) is 0 Å². The molecule has 178 valence electrons. The van der Waals surface area contributed by atoms with E-state index in [9.17, 15) is 9.59 Å². The van der Waals surface area contributed by atoms with Gasteiger partial charge in [-0.25, -0.2) is 0 Å². The largest absolute Gasteiger partial charge is 0.299 e. The summed E-state index contributed by atoms with van der Waals surface area (Å²) < 4.78 is 0. The summed E-state index contributed by atoms with van der Waals surface area (Å²) >= 11 is 0. The number of fused-ring (bicyclic) bond motifs is 7. The third-order valence-electron chi connectivity index (χ3n) is 13.2. The highest BCUT2D eigenvalue weighted by Gasteiger charge is 2.70. The van der Waals surface area contributed by atoms with Gasteiger partial charge < -0.3 is 0 Å². The molecule has 0 aromatic heterocycles. The minimum Gasteiger partial charge on any atom is -0.299 e. The summed E-state index contributed by atoms with van der Waals surface area (Å²) in [5, 5.41) is 0. The van der Waals surface area contributed by atoms with Crippen molar-refractivity contribution in [3.8, 4) is 0 Å². The van der Waals surface area contributed by atoms with Crippen LogP contribution in [0, 0.1) is 56.7 Å². The summed E-state index contributed by atoms with van der Waals surface area (Å²) in [5.41, 5.74) is 1.80. The topological polar surface area (TPSA) is 34.1 Å². The smallest absolute Gasteiger partial charge is 0.161 e. The van der Waals surface area contributed by atoms with Gasteiger partial charge in [0.2, 0.25) is 0 Å². The molecule has 5 aliphatic rings. The molecule has 32 heavy (non-hydrogen) atoms. The van der Waals surface area contributed by atoms with E-state index in [1.807, 2.05) is 6.08 Å². The molecule has 2 heteroatoms. The molecule has 0 heterocycles. The molecule has 0 N–H and O–H groups in total. The molecule has 9 unspecified atom stereocenters. The van der Waals surface area contributed by atoms with Gasteiger partial charge in [0.05, 0.1) is 0 Å². The van der Waals surface area contributed by atoms with Gasteiger partial charge >= 0.3 is 0 Å². The molecule has 0 bridgehead atoms. The van der Waals surface area contributed by atoms with Gasteiger partial charge in [0.25, 0.3) is 0 Å². The maximum Gasteiger partial charge on any atom is 0.161 e. The average molecular weight is 439 g/mol. The van der Waals surface area contributed by atoms with Crippen LogP contribution in [0.2, 0.25) is 0 Å². The second-order valence-electron chi connectivity index (χ2n) is 14.3. The molecule has 0 aliphatic heterocycles. The summed E-state index contributed by atoms with van der Waals surface area (Å²) in [5.74, 6) is 3.71. The molecular formula is C30H46O2. The van der Waals surface area contributed by atoms with Gasteiger partial charge in [0.1, 0.15) is 5.78 Å². The van der Waals surface area contributed by atoms with Crippen molar-refractivity contribution in [1.29, 1.82) is 0 Å². The van der Waals surface area contributed by atoms with Crippen LogP contribution in [0.3, 0.4) is 0 Å². The summed E-state index contributed by atoms with van der Waals surface area (Å²) in [6.45, 7) is 19.2. The Morgan fingerprint density at radius 3 is 2.19 bits per heavy atom. The van der Waals surface area contributed by atoms with E-state index in [1.165, 1.54) is 37.7 Å². The van der Waals surface area contributed by atoms with Crippen LogP contribution in [0.4, 0.5) is 0 Å². The molecule has 4 fully saturated rings. The first-order valence-corrected chi connectivity index (χ1v) is 13.5. The molecule has 2 nitrogen and oxygen atoms in total. The zero-order valence-electron chi connectivity index (χ0n) is 21.9. The molecule has 5 aliphatic carbocycles. The number of Topliss-reactive ketones (excluding diaryl/α,β-unsaturated/α-hetero) is 1. The standard InChI is InChI=1S/C30H46O2/c1-18-17-24(32)28(6)15-16-29(7)20(25(28)19(18)2)9-10-22-27(5)13-12-23(31)26(3,4)21(27)11-14-30(22,29)8/h17,19-22,25H,9-16H2,1-8H3. The Bertz CT molecular complexity index is 897. The van der Waals surface area contributed by atoms with E-state index in [4.69, 9.17) is 0 Å². The van der Waals surface area contributed by atoms with E-state index < -0.39 is 0 Å². The van der Waals surface area contributed by atoms with Crippen molar-refractivity contribution in [1.82, 2.24) is 0 Å². The van der Waals surface area contributed by atoms with Crippen molar-refractivity contribution in [2.24, 2.45) is 56.7 Å². The maximum atomic E-state index is 13.3. The Morgan fingerprint density at radius 1 is 0.812 bits per heavy atom. The average Bonchev–Trinajstić information content (AvgIpc) is 2.71. The highest BCUT2D eigenvalue weighted by molar-refractivity contribution is 5.96. The first-order chi connectivity index (χ1) is 14.7. The summed E-state index contributed by atoms with van der Waals surface area (Å²) in [4.78, 5) is 26.2. The lowest BCUT2D eigenvalue weighted by atomic mass is 9.31. The molecule has 0 saturated heterocycles. The van der Waals surface area contributed by atoms with Gasteiger partial charge in [0, 0.05) is 17.3 Å². The van der Waals surface area contributed by atoms with Crippen molar-refractivity contribution in [3.05, 3.63) is 11.6 Å². The predicted octanol–water partition coefficient (Wildman–Crippen LogP) is 7.41. The highest BCUT2D eigenvalue weighted by atomic mass is 16.1. The number of rotatable bonds is 0. The number of allylic oxidation sites excluding steroid dienone is 2. The number of carbonyl (C=O) groups excluding carboxylic acids is 2. The molecule has 0 radical (unpaired) electrons. The van der Waals surface area contributed by atoms with Crippen molar-refractivity contribution >= 4 is 11.6 Å². The van der Waals surface area contributed by atoms with Crippen LogP contribution < -0.4 is 0 Å². The van der Waals surface area contributed by atoms with E-state index in [1.54, 1.807) is 0 Å². The van der Waals surface area contributed by atoms with Crippen LogP contribution in [0.1, 0.15) is 107 Å². The summed E-state index contributed by atoms with van der Waals surface area (Å²) in [7, 11) is 0. The Kier molecular flexibility index (Phi) is 4.71. The predicted molar refractivity (Wildman–Crippen MR) is 130 cm³/mol. The summed E-state index contributed by atoms with van der Waals surface area (Å²) in [6.07, 6.45) is 11.0. The highest BCUT2D eigenvalue weighted by Crippen LogP contribution is 2.76. The fourth-order valence-electron chi connectivity index (χ4n) is 10.9. The van der Waals surface area contributed by atoms with Gasteiger partial charge in [-0.2, -0.15) is 0 Å². The van der Waals surface area contributed by atoms with Crippen molar-refractivity contribution < 1.29 is 9.59 Å². The SMILES string of the molecule is CC1=CC(=O)C2(C)CCC3(C)C(CCC4C5(C)CCC(=O)C(C)(C)C5CCC43C)C2C1C. The van der Waals surface area contributed by atoms with Crippen LogP contribution in [0.25, 0.3) is 0 Å². The van der Waals surface area contributed by atoms with E-state index in [-0.39, 0.29) is 21.7 Å². The Hall–Kier alpha value is -0.920. The first kappa shape index (κ1) is 22.9. The van der Waals surface area contributed by atoms with Crippen LogP contribution in [0.15, 0.2) is 11.6 Å². The third-order valence-corrected chi connectivity index (χ3v) is 13.2. The Labute approximate surface area is 196 Å². The van der Waals surface area contributed by atoms with Crippen LogP contribution >= 0.6 is 0 Å². The quantitative estimate of drug-likeness (QED) is 0.394. The van der Waals surface area contributed by atoms with Gasteiger partial charge in [-0.3, -0.25) is 9.59 Å². The normalized spacial score (nSPS) is 54.6. The van der Waals surface area contributed by atoms with Crippen LogP contribution in [-0.4, -0.2) is 11.6 Å². The molecule has 0 aromatic rings. The van der Waals surface area contributed by atoms with Crippen molar-refractivity contribution in [2.45, 2.75) is 107 Å². The maximum absolute atomic E-state index is 13.3. The monoisotopic (exact) mass is 438 g/mol. The number of hydrogen-bond acceptors (Lipinski definition) is 2. The Balaban J connectivity index is 1.57. The molecule has 0 aromatic carbocycles. The lowest BCUT2D eigenvalue weighted by molar-refractivity contribution is -0.235. The number of carbonyl (C=O) groups is 2. The molecule has 0 spiro atoms. The third kappa shape index (κ3) is 2.48. The minimum atomic E-state index is -0.177. The lowest BCUT2D eigenvalue weighted by Gasteiger charge is -2.73. The molecule has 4 saturated carbocycles. The van der Waals surface area contributed by atoms with Gasteiger partial charge in [-0.05, 0) is 104 Å². The molecular weight excluding hydrogens is 392 g/mol. The first-order valence-electron chi connectivity index (χ1n) is 13.5. The second kappa shape index (κ2) is 6.60. The molecule has 0 amide bonds. The van der Waals surface area contributed by atoms with Crippen molar-refractivity contribution in [3.63, 3.8) is 0 Å². The minimum absolute atomic E-state index is 0.174. The number of hydrogen-bond donors (Lipinski definition) is 0. The van der Waals surface area contributed by atoms with E-state index in [0.29, 0.717) is 46.6 Å². The zero-order valence-corrected chi connectivity index (χ0v) is 21.9. The second-order valence-corrected chi connectivity index (χ2v) is 14.3. The van der Waals surface area contributed by atoms with E-state index >= 15 is 0 Å². The van der Waals surface area contributed by atoms with Crippen LogP contribution in [0.5, 0.6) is 0 Å². The van der Waals surface area contributed by atoms with E-state index in [0.717, 1.165) is 19.3 Å². The van der Waals surface area contributed by atoms with Gasteiger partial charge in [0.15, 0.2) is 5.78 Å². The van der Waals surface area contributed by atoms with E-state index in [2.05, 4.69) is 55.4 Å². The Morgan fingerprint density at radius 2 is 1.50 bits per heavy atom. The summed E-state index contributed by atoms with van der Waals surface area (Å²) in [6, 6.07) is 0. The molecule has 5 rings (SSSR count). The fraction of sp³-hybridized carbons (Fsp3) is 0.867. The van der Waals surface area contributed by atoms with Crippen LogP contribution in [-0.2, 0) is 9.59 Å². The fourth-order valence-corrected chi connectivity index (χ4v) is 10.9. The lowest BCUT2D eigenvalue weighted by Crippen LogP contribution is -2.67. The molecule has 9 atom stereocenters. The van der Waals surface area contributed by atoms with Crippen molar-refractivity contribution in [2.75, 3.05) is 0 Å².